The fraction of sp³-hybridized carbons (Fsp3) is 0.167. The summed E-state index contributed by atoms with van der Waals surface area (Å²) in [6, 6.07) is 32.1. The third-order valence-corrected chi connectivity index (χ3v) is 7.24. The first-order valence-electron chi connectivity index (χ1n) is 12.7. The number of tetrazole rings is 1. The van der Waals surface area contributed by atoms with Gasteiger partial charge in [-0.15, -0.1) is 5.10 Å². The number of hydrogen-bond donors (Lipinski definition) is 1. The number of aromatic nitrogens is 4. The average molecular weight is 535 g/mol. The van der Waals surface area contributed by atoms with Gasteiger partial charge in [-0.2, -0.15) is 0 Å². The predicted octanol–water partition coefficient (Wildman–Crippen LogP) is 5.40. The van der Waals surface area contributed by atoms with E-state index in [9.17, 15) is 20.2 Å². The van der Waals surface area contributed by atoms with E-state index in [0.717, 1.165) is 27.8 Å². The SMILES string of the molecule is Cc1ccc([N+](=O)[O-])cc1C(Cc1cccc(C(c2ccccc2)(c2ccccc2)c2nnn[nH]2)c1)C[N+](=O)[O-]. The number of nitrogens with one attached hydrogen (secondary N) is 1. The highest BCUT2D eigenvalue weighted by Gasteiger charge is 2.42. The zero-order valence-corrected chi connectivity index (χ0v) is 21.7. The molecule has 1 unspecified atom stereocenters. The number of nitrogens with zero attached hydrogens (tertiary/aromatic N) is 5. The highest BCUT2D eigenvalue weighted by Crippen LogP contribution is 2.43. The highest BCUT2D eigenvalue weighted by molar-refractivity contribution is 5.57. The molecule has 5 aromatic rings. The fourth-order valence-electron chi connectivity index (χ4n) is 5.45. The molecule has 0 aliphatic heterocycles. The molecule has 0 aliphatic carbocycles. The first kappa shape index (κ1) is 26.4. The van der Waals surface area contributed by atoms with E-state index in [1.165, 1.54) is 12.1 Å². The summed E-state index contributed by atoms with van der Waals surface area (Å²) in [6.07, 6.45) is 0.311. The highest BCUT2D eigenvalue weighted by atomic mass is 16.6. The molecule has 10 nitrogen and oxygen atoms in total. The summed E-state index contributed by atoms with van der Waals surface area (Å²) >= 11 is 0. The maximum Gasteiger partial charge on any atom is 0.269 e. The van der Waals surface area contributed by atoms with E-state index in [4.69, 9.17) is 0 Å². The summed E-state index contributed by atoms with van der Waals surface area (Å²) in [4.78, 5) is 22.3. The zero-order valence-electron chi connectivity index (χ0n) is 21.7. The molecule has 0 aliphatic rings. The van der Waals surface area contributed by atoms with Crippen molar-refractivity contribution >= 4 is 5.69 Å². The Balaban J connectivity index is 1.67. The van der Waals surface area contributed by atoms with Crippen LogP contribution in [0.1, 0.15) is 45.1 Å². The van der Waals surface area contributed by atoms with Crippen molar-refractivity contribution in [1.82, 2.24) is 20.6 Å². The quantitative estimate of drug-likeness (QED) is 0.144. The Bertz CT molecular complexity index is 1590. The molecule has 0 amide bonds. The third kappa shape index (κ3) is 5.06. The van der Waals surface area contributed by atoms with Gasteiger partial charge in [0.15, 0.2) is 5.82 Å². The molecule has 0 saturated carbocycles. The van der Waals surface area contributed by atoms with Crippen molar-refractivity contribution in [3.05, 3.63) is 163 Å². The van der Waals surface area contributed by atoms with Gasteiger partial charge in [0.2, 0.25) is 6.54 Å². The summed E-state index contributed by atoms with van der Waals surface area (Å²) in [5.41, 5.74) is 3.96. The summed E-state index contributed by atoms with van der Waals surface area (Å²) in [6.45, 7) is 1.45. The van der Waals surface area contributed by atoms with Gasteiger partial charge in [0.05, 0.1) is 10.8 Å². The summed E-state index contributed by atoms with van der Waals surface area (Å²) < 4.78 is 0. The molecule has 4 aromatic carbocycles. The molecule has 1 aromatic heterocycles. The maximum atomic E-state index is 11.7. The molecular formula is C30H26N6O4. The Morgan fingerprint density at radius 3 is 2.05 bits per heavy atom. The standard InChI is InChI=1S/C30H26N6O4/c1-21-15-16-27(36(39)40)19-28(21)23(20-35(37)38)17-22-9-8-14-26(18-22)30(29-31-33-34-32-29,24-10-4-2-5-11-24)25-12-6-3-7-13-25/h2-16,18-19,23H,17,20H2,1H3,(H,31,32,33,34). The van der Waals surface area contributed by atoms with Crippen LogP contribution in [0.15, 0.2) is 103 Å². The van der Waals surface area contributed by atoms with Crippen LogP contribution in [-0.2, 0) is 11.8 Å². The van der Waals surface area contributed by atoms with Crippen LogP contribution >= 0.6 is 0 Å². The Morgan fingerprint density at radius 2 is 1.48 bits per heavy atom. The number of benzene rings is 4. The van der Waals surface area contributed by atoms with Gasteiger partial charge in [0.25, 0.3) is 5.69 Å². The number of H-pyrrole nitrogens is 1. The van der Waals surface area contributed by atoms with Crippen molar-refractivity contribution in [2.24, 2.45) is 0 Å². The average Bonchev–Trinajstić information content (AvgIpc) is 3.50. The van der Waals surface area contributed by atoms with Gasteiger partial charge >= 0.3 is 0 Å². The molecule has 1 atom stereocenters. The number of non-ortho nitro benzene ring substituents is 1. The minimum atomic E-state index is -0.901. The summed E-state index contributed by atoms with van der Waals surface area (Å²) in [5.74, 6) is -0.0432. The predicted molar refractivity (Wildman–Crippen MR) is 149 cm³/mol. The Hall–Kier alpha value is -5.25. The molecule has 1 N–H and O–H groups in total. The van der Waals surface area contributed by atoms with Crippen LogP contribution in [0.5, 0.6) is 0 Å². The van der Waals surface area contributed by atoms with Gasteiger partial charge in [-0.05, 0) is 57.2 Å². The lowest BCUT2D eigenvalue weighted by molar-refractivity contribution is -0.483. The molecule has 0 fully saturated rings. The molecule has 0 spiro atoms. The monoisotopic (exact) mass is 534 g/mol. The van der Waals surface area contributed by atoms with Crippen molar-refractivity contribution < 1.29 is 9.85 Å². The van der Waals surface area contributed by atoms with Crippen LogP contribution in [0, 0.1) is 27.2 Å². The first-order chi connectivity index (χ1) is 19.4. The van der Waals surface area contributed by atoms with Crippen LogP contribution in [0.4, 0.5) is 5.69 Å². The zero-order chi connectivity index (χ0) is 28.1. The molecule has 0 radical (unpaired) electrons. The smallest absolute Gasteiger partial charge is 0.265 e. The Morgan fingerprint density at radius 1 is 0.825 bits per heavy atom. The number of hydrogen-bond acceptors (Lipinski definition) is 7. The molecule has 200 valence electrons. The van der Waals surface area contributed by atoms with Crippen molar-refractivity contribution in [2.75, 3.05) is 6.54 Å². The van der Waals surface area contributed by atoms with Crippen LogP contribution in [0.25, 0.3) is 0 Å². The van der Waals surface area contributed by atoms with Crippen molar-refractivity contribution in [3.8, 4) is 0 Å². The normalized spacial score (nSPS) is 12.1. The third-order valence-electron chi connectivity index (χ3n) is 7.24. The van der Waals surface area contributed by atoms with Crippen LogP contribution < -0.4 is 0 Å². The minimum absolute atomic E-state index is 0.0901. The molecule has 1 heterocycles. The van der Waals surface area contributed by atoms with Gasteiger partial charge < -0.3 is 0 Å². The van der Waals surface area contributed by atoms with Crippen molar-refractivity contribution in [3.63, 3.8) is 0 Å². The van der Waals surface area contributed by atoms with Crippen molar-refractivity contribution in [2.45, 2.75) is 24.7 Å². The molecule has 10 heteroatoms. The van der Waals surface area contributed by atoms with E-state index in [1.807, 2.05) is 91.9 Å². The molecule has 40 heavy (non-hydrogen) atoms. The van der Waals surface area contributed by atoms with Gasteiger partial charge in [0, 0.05) is 17.1 Å². The van der Waals surface area contributed by atoms with E-state index in [2.05, 4.69) is 20.6 Å². The molecule has 0 saturated heterocycles. The van der Waals surface area contributed by atoms with E-state index in [0.29, 0.717) is 17.8 Å². The lowest BCUT2D eigenvalue weighted by Gasteiger charge is -2.33. The molecular weight excluding hydrogens is 508 g/mol. The second-order valence-electron chi connectivity index (χ2n) is 9.65. The second kappa shape index (κ2) is 11.2. The number of aromatic amines is 1. The Kier molecular flexibility index (Phi) is 7.41. The number of nitro benzene ring substituents is 1. The van der Waals surface area contributed by atoms with Crippen LogP contribution in [-0.4, -0.2) is 37.0 Å². The summed E-state index contributed by atoms with van der Waals surface area (Å²) in [5, 5.41) is 38.3. The summed E-state index contributed by atoms with van der Waals surface area (Å²) in [7, 11) is 0. The first-order valence-corrected chi connectivity index (χ1v) is 12.7. The topological polar surface area (TPSA) is 141 Å². The molecule has 0 bridgehead atoms. The Labute approximate surface area is 230 Å². The lowest BCUT2D eigenvalue weighted by Crippen LogP contribution is -2.32. The number of aryl methyl sites for hydroxylation is 1. The van der Waals surface area contributed by atoms with Gasteiger partial charge in [0.1, 0.15) is 5.41 Å². The van der Waals surface area contributed by atoms with E-state index < -0.39 is 16.3 Å². The van der Waals surface area contributed by atoms with Crippen molar-refractivity contribution in [1.29, 1.82) is 0 Å². The van der Waals surface area contributed by atoms with Crippen LogP contribution in [0.2, 0.25) is 0 Å². The van der Waals surface area contributed by atoms with E-state index >= 15 is 0 Å². The van der Waals surface area contributed by atoms with Gasteiger partial charge in [-0.1, -0.05) is 91.0 Å². The fourth-order valence-corrected chi connectivity index (χ4v) is 5.45. The maximum absolute atomic E-state index is 11.7. The number of rotatable bonds is 10. The van der Waals surface area contributed by atoms with Gasteiger partial charge in [-0.3, -0.25) is 20.2 Å². The van der Waals surface area contributed by atoms with Gasteiger partial charge in [-0.25, -0.2) is 5.10 Å². The second-order valence-corrected chi connectivity index (χ2v) is 9.65. The van der Waals surface area contributed by atoms with E-state index in [-0.39, 0.29) is 17.2 Å². The van der Waals surface area contributed by atoms with Crippen LogP contribution in [0.3, 0.4) is 0 Å². The largest absolute Gasteiger partial charge is 0.269 e. The number of nitro groups is 2. The molecule has 5 rings (SSSR count). The lowest BCUT2D eigenvalue weighted by atomic mass is 9.68. The minimum Gasteiger partial charge on any atom is -0.265 e. The van der Waals surface area contributed by atoms with E-state index in [1.54, 1.807) is 6.07 Å².